The van der Waals surface area contributed by atoms with E-state index in [-0.39, 0.29) is 6.08 Å². The summed E-state index contributed by atoms with van der Waals surface area (Å²) in [6.07, 6.45) is -3.06. The molecular formula is C14H18O3. The standard InChI is InChI=1S/C14H18O3/c1-14(2,3)13(15)7-5-10-4-6-11-12(8-10)17-9-16-11/h4-8,13,15H,9H2,1-3H3/b7-5+/i1D3,2D3,3D3,4D,6D,8D,9D2,13D. The van der Waals surface area contributed by atoms with Gasteiger partial charge in [-0.15, -0.1) is 0 Å². The van der Waals surface area contributed by atoms with Crippen molar-refractivity contribution in [2.75, 3.05) is 6.75 Å². The summed E-state index contributed by atoms with van der Waals surface area (Å²) in [5.41, 5.74) is -4.59. The molecule has 1 atom stereocenters. The van der Waals surface area contributed by atoms with Gasteiger partial charge in [0.25, 0.3) is 0 Å². The molecule has 1 unspecified atom stereocenters. The average Bonchev–Trinajstić information content (AvgIpc) is 2.84. The zero-order valence-corrected chi connectivity index (χ0v) is 8.42. The lowest BCUT2D eigenvalue weighted by molar-refractivity contribution is 0.106. The molecule has 1 N–H and O–H groups in total. The van der Waals surface area contributed by atoms with Crippen LogP contribution in [0.15, 0.2) is 24.2 Å². The second kappa shape index (κ2) is 4.41. The van der Waals surface area contributed by atoms with E-state index in [2.05, 4.69) is 0 Å². The molecule has 2 rings (SSSR count). The fraction of sp³-hybridized carbons (Fsp3) is 0.429. The van der Waals surface area contributed by atoms with E-state index in [9.17, 15) is 5.11 Å². The van der Waals surface area contributed by atoms with Gasteiger partial charge in [0, 0.05) is 12.3 Å². The summed E-state index contributed by atoms with van der Waals surface area (Å²) >= 11 is 0. The molecule has 3 heteroatoms. The third kappa shape index (κ3) is 2.80. The van der Waals surface area contributed by atoms with Crippen molar-refractivity contribution in [3.63, 3.8) is 0 Å². The Kier molecular flexibility index (Phi) is 0.855. The first-order valence-electron chi connectivity index (χ1n) is 12.0. The van der Waals surface area contributed by atoms with Crippen LogP contribution in [0.4, 0.5) is 0 Å². The summed E-state index contributed by atoms with van der Waals surface area (Å²) in [6.45, 7) is -14.5. The molecule has 17 heavy (non-hydrogen) atoms. The van der Waals surface area contributed by atoms with Gasteiger partial charge in [0.1, 0.15) is 2.74 Å². The van der Waals surface area contributed by atoms with E-state index in [1.54, 1.807) is 0 Å². The summed E-state index contributed by atoms with van der Waals surface area (Å²) < 4.78 is 124. The minimum atomic E-state index is -3.99. The molecule has 0 aliphatic carbocycles. The van der Waals surface area contributed by atoms with E-state index in [0.29, 0.717) is 6.08 Å². The summed E-state index contributed by atoms with van der Waals surface area (Å²) in [5.74, 6) is -1.16. The maximum absolute atomic E-state index is 10.6. The molecule has 1 aliphatic heterocycles. The number of fused-ring (bicyclic) bond motifs is 1. The molecule has 92 valence electrons. The zero-order chi connectivity index (χ0) is 25.3. The van der Waals surface area contributed by atoms with Crippen LogP contribution < -0.4 is 9.47 Å². The van der Waals surface area contributed by atoms with Gasteiger partial charge in [0.05, 0.1) is 11.6 Å². The van der Waals surface area contributed by atoms with E-state index in [1.165, 1.54) is 0 Å². The molecule has 0 fully saturated rings. The van der Waals surface area contributed by atoms with Crippen molar-refractivity contribution in [2.24, 2.45) is 5.41 Å². The highest BCUT2D eigenvalue weighted by Gasteiger charge is 2.19. The van der Waals surface area contributed by atoms with Crippen molar-refractivity contribution in [3.05, 3.63) is 29.8 Å². The first-order valence-corrected chi connectivity index (χ1v) is 4.45. The number of benzene rings is 1. The summed E-state index contributed by atoms with van der Waals surface area (Å²) in [7, 11) is 0. The molecule has 1 aromatic carbocycles. The SMILES string of the molecule is [2H]c1c([2H])c2c(c([2H])c1/C=C/C([2H])(O)C(C([2H])([2H])[2H])(C([2H])([2H])[2H])C([2H])([2H])[2H])OC([2H])([2H])O2. The molecule has 1 aliphatic rings. The normalized spacial score (nSPS) is 36.4. The topological polar surface area (TPSA) is 38.7 Å². The molecule has 1 heterocycles. The van der Waals surface area contributed by atoms with Crippen LogP contribution in [-0.2, 0) is 0 Å². The lowest BCUT2D eigenvalue weighted by Gasteiger charge is -2.22. The highest BCUT2D eigenvalue weighted by atomic mass is 16.7. The van der Waals surface area contributed by atoms with Crippen LogP contribution in [0.3, 0.4) is 0 Å². The van der Waals surface area contributed by atoms with Crippen molar-refractivity contribution in [2.45, 2.75) is 26.6 Å². The summed E-state index contributed by atoms with van der Waals surface area (Å²) in [5, 5.41) is 10.6. The molecule has 1 aromatic rings. The Labute approximate surface area is 123 Å². The number of hydrogen-bond donors (Lipinski definition) is 1. The second-order valence-corrected chi connectivity index (χ2v) is 3.20. The molecule has 3 nitrogen and oxygen atoms in total. The Morgan fingerprint density at radius 3 is 3.06 bits per heavy atom. The van der Waals surface area contributed by atoms with Crippen LogP contribution in [0.25, 0.3) is 6.08 Å². The van der Waals surface area contributed by atoms with Crippen LogP contribution in [0, 0.1) is 5.41 Å². The Hall–Kier alpha value is -1.48. The van der Waals surface area contributed by atoms with Gasteiger partial charge in [-0.3, -0.25) is 0 Å². The zero-order valence-electron chi connectivity index (χ0n) is 23.4. The minimum absolute atomic E-state index is 0.194. The fourth-order valence-electron chi connectivity index (χ4n) is 1.01. The number of hydrogen-bond acceptors (Lipinski definition) is 3. The van der Waals surface area contributed by atoms with E-state index < -0.39 is 74.0 Å². The number of rotatable bonds is 2. The minimum Gasteiger partial charge on any atom is -0.454 e. The van der Waals surface area contributed by atoms with Crippen molar-refractivity contribution in [3.8, 4) is 11.5 Å². The van der Waals surface area contributed by atoms with Gasteiger partial charge >= 0.3 is 0 Å². The van der Waals surface area contributed by atoms with E-state index in [4.69, 9.17) is 30.0 Å². The molecular weight excluding hydrogens is 216 g/mol. The molecule has 0 aromatic heterocycles. The van der Waals surface area contributed by atoms with Gasteiger partial charge in [-0.05, 0) is 23.1 Å². The van der Waals surface area contributed by atoms with Crippen LogP contribution in [0.5, 0.6) is 11.5 Å². The number of aliphatic hydroxyl groups is 1. The monoisotopic (exact) mass is 249 g/mol. The van der Waals surface area contributed by atoms with Crippen molar-refractivity contribution >= 4 is 6.08 Å². The van der Waals surface area contributed by atoms with Gasteiger partial charge in [-0.2, -0.15) is 0 Å². The molecule has 0 radical (unpaired) electrons. The van der Waals surface area contributed by atoms with Gasteiger partial charge in [-0.1, -0.05) is 38.8 Å². The van der Waals surface area contributed by atoms with Crippen LogP contribution in [0.1, 0.15) is 46.7 Å². The highest BCUT2D eigenvalue weighted by molar-refractivity contribution is 5.56. The van der Waals surface area contributed by atoms with Crippen LogP contribution >= 0.6 is 0 Å². The molecule has 0 spiro atoms. The summed E-state index contributed by atoms with van der Waals surface area (Å²) in [6, 6.07) is -2.29. The summed E-state index contributed by atoms with van der Waals surface area (Å²) in [4.78, 5) is 0. The first kappa shape index (κ1) is 3.29. The molecule has 0 saturated carbocycles. The van der Waals surface area contributed by atoms with E-state index >= 15 is 0 Å². The smallest absolute Gasteiger partial charge is 0.231 e. The Bertz CT molecular complexity index is 903. The third-order valence-electron chi connectivity index (χ3n) is 1.84. The quantitative estimate of drug-likeness (QED) is 0.876. The van der Waals surface area contributed by atoms with E-state index in [0.717, 1.165) is 0 Å². The predicted molar refractivity (Wildman–Crippen MR) is 67.1 cm³/mol. The third-order valence-corrected chi connectivity index (χ3v) is 1.84. The Morgan fingerprint density at radius 1 is 1.53 bits per heavy atom. The Morgan fingerprint density at radius 2 is 2.29 bits per heavy atom. The van der Waals surface area contributed by atoms with Crippen molar-refractivity contribution in [1.82, 2.24) is 0 Å². The largest absolute Gasteiger partial charge is 0.454 e. The van der Waals surface area contributed by atoms with Gasteiger partial charge in [0.2, 0.25) is 6.75 Å². The van der Waals surface area contributed by atoms with Gasteiger partial charge in [0.15, 0.2) is 11.5 Å². The van der Waals surface area contributed by atoms with Gasteiger partial charge < -0.3 is 14.6 Å². The second-order valence-electron chi connectivity index (χ2n) is 3.20. The molecule has 0 amide bonds. The fourth-order valence-corrected chi connectivity index (χ4v) is 1.01. The van der Waals surface area contributed by atoms with E-state index in [1.807, 2.05) is 0 Å². The van der Waals surface area contributed by atoms with Gasteiger partial charge in [-0.25, -0.2) is 0 Å². The lowest BCUT2D eigenvalue weighted by atomic mass is 9.89. The Balaban J connectivity index is 2.76. The van der Waals surface area contributed by atoms with Crippen LogP contribution in [-0.4, -0.2) is 17.9 Å². The average molecular weight is 249 g/mol. The van der Waals surface area contributed by atoms with Crippen molar-refractivity contribution < 1.29 is 35.1 Å². The predicted octanol–water partition coefficient (Wildman–Crippen LogP) is 2.84. The van der Waals surface area contributed by atoms with Crippen LogP contribution in [0.2, 0.25) is 0 Å². The molecule has 0 bridgehead atoms. The molecule has 0 saturated heterocycles. The lowest BCUT2D eigenvalue weighted by Crippen LogP contribution is -2.23. The maximum Gasteiger partial charge on any atom is 0.231 e. The maximum atomic E-state index is 10.6. The number of ether oxygens (including phenoxy) is 2. The highest BCUT2D eigenvalue weighted by Crippen LogP contribution is 2.33. The van der Waals surface area contributed by atoms with Crippen molar-refractivity contribution in [1.29, 1.82) is 0 Å². The first-order chi connectivity index (χ1) is 14.0.